The van der Waals surface area contributed by atoms with Crippen LogP contribution in [0.1, 0.15) is 18.4 Å². The second kappa shape index (κ2) is 7.19. The third kappa shape index (κ3) is 3.56. The van der Waals surface area contributed by atoms with E-state index in [0.717, 1.165) is 47.6 Å². The molecule has 0 aromatic heterocycles. The molecule has 0 radical (unpaired) electrons. The number of allylic oxidation sites excluding steroid dienone is 2. The summed E-state index contributed by atoms with van der Waals surface area (Å²) in [5.74, 6) is 3.68. The molecule has 0 spiro atoms. The maximum Gasteiger partial charge on any atom is 0.123 e. The van der Waals surface area contributed by atoms with E-state index in [4.69, 9.17) is 4.74 Å². The minimum Gasteiger partial charge on any atom is -0.496 e. The monoisotopic (exact) mass is 390 g/mol. The normalized spacial score (nSPS) is 30.2. The predicted molar refractivity (Wildman–Crippen MR) is 101 cm³/mol. The van der Waals surface area contributed by atoms with Gasteiger partial charge in [0.25, 0.3) is 0 Å². The fourth-order valence-electron chi connectivity index (χ4n) is 4.68. The Morgan fingerprint density at radius 2 is 1.88 bits per heavy atom. The summed E-state index contributed by atoms with van der Waals surface area (Å²) < 4.78 is 6.64. The first-order valence-electron chi connectivity index (χ1n) is 9.16. The topological polar surface area (TPSA) is 15.7 Å². The number of hydrogen-bond donors (Lipinski definition) is 0. The average Bonchev–Trinajstić information content (AvgIpc) is 3.20. The van der Waals surface area contributed by atoms with Gasteiger partial charge in [-0.15, -0.1) is 0 Å². The highest BCUT2D eigenvalue weighted by molar-refractivity contribution is 9.10. The van der Waals surface area contributed by atoms with Gasteiger partial charge in [0, 0.05) is 49.3 Å². The molecule has 1 aromatic rings. The Hall–Kier alpha value is -0.840. The van der Waals surface area contributed by atoms with Gasteiger partial charge in [0.05, 0.1) is 7.11 Å². The first kappa shape index (κ1) is 16.6. The summed E-state index contributed by atoms with van der Waals surface area (Å²) in [6.07, 6.45) is 7.78. The van der Waals surface area contributed by atoms with E-state index in [2.05, 4.69) is 50.0 Å². The number of methoxy groups -OCH3 is 1. The van der Waals surface area contributed by atoms with Crippen molar-refractivity contribution in [3.8, 4) is 5.75 Å². The van der Waals surface area contributed by atoms with Gasteiger partial charge < -0.3 is 9.64 Å². The smallest absolute Gasteiger partial charge is 0.123 e. The number of benzene rings is 1. The molecule has 130 valence electrons. The second-order valence-corrected chi connectivity index (χ2v) is 8.49. The molecule has 4 rings (SSSR count). The molecule has 0 unspecified atom stereocenters. The Labute approximate surface area is 153 Å². The molecule has 2 aliphatic carbocycles. The lowest BCUT2D eigenvalue weighted by Gasteiger charge is -2.37. The molecule has 3 atom stereocenters. The van der Waals surface area contributed by atoms with Gasteiger partial charge in [-0.1, -0.05) is 28.1 Å². The lowest BCUT2D eigenvalue weighted by Crippen LogP contribution is -2.47. The standard InChI is InChI=1S/C20H27BrN2O/c1-24-20-5-4-19(21)12-18(20)14-23-8-6-22(7-9-23)13-17-11-15-2-3-16(17)10-15/h2-5,12,15-17H,6-11,13-14H2,1H3/t15-,16+,17+/m0/s1. The van der Waals surface area contributed by atoms with Crippen LogP contribution in [-0.4, -0.2) is 49.6 Å². The first-order valence-corrected chi connectivity index (χ1v) is 9.96. The van der Waals surface area contributed by atoms with E-state index < -0.39 is 0 Å². The summed E-state index contributed by atoms with van der Waals surface area (Å²) in [4.78, 5) is 5.25. The van der Waals surface area contributed by atoms with E-state index in [-0.39, 0.29) is 0 Å². The van der Waals surface area contributed by atoms with Crippen molar-refractivity contribution in [3.05, 3.63) is 40.4 Å². The van der Waals surface area contributed by atoms with Gasteiger partial charge in [-0.3, -0.25) is 4.90 Å². The van der Waals surface area contributed by atoms with Crippen molar-refractivity contribution in [2.24, 2.45) is 17.8 Å². The van der Waals surface area contributed by atoms with Crippen LogP contribution in [0.25, 0.3) is 0 Å². The lowest BCUT2D eigenvalue weighted by atomic mass is 9.93. The fraction of sp³-hybridized carbons (Fsp3) is 0.600. The highest BCUT2D eigenvalue weighted by Gasteiger charge is 2.36. The Morgan fingerprint density at radius 3 is 2.54 bits per heavy atom. The molecule has 2 fully saturated rings. The molecule has 3 aliphatic rings. The van der Waals surface area contributed by atoms with Crippen LogP contribution in [0.15, 0.2) is 34.8 Å². The molecule has 1 aromatic carbocycles. The largest absolute Gasteiger partial charge is 0.496 e. The highest BCUT2D eigenvalue weighted by Crippen LogP contribution is 2.43. The summed E-state index contributed by atoms with van der Waals surface area (Å²) in [6, 6.07) is 6.29. The number of ether oxygens (including phenoxy) is 1. The van der Waals surface area contributed by atoms with Crippen molar-refractivity contribution < 1.29 is 4.74 Å². The molecule has 1 heterocycles. The summed E-state index contributed by atoms with van der Waals surface area (Å²) in [5.41, 5.74) is 1.28. The van der Waals surface area contributed by atoms with E-state index in [1.807, 2.05) is 6.07 Å². The van der Waals surface area contributed by atoms with Crippen LogP contribution < -0.4 is 4.74 Å². The number of fused-ring (bicyclic) bond motifs is 2. The van der Waals surface area contributed by atoms with Gasteiger partial charge in [0.1, 0.15) is 5.75 Å². The first-order chi connectivity index (χ1) is 11.7. The maximum absolute atomic E-state index is 5.52. The van der Waals surface area contributed by atoms with Crippen LogP contribution in [0.4, 0.5) is 0 Å². The highest BCUT2D eigenvalue weighted by atomic mass is 79.9. The van der Waals surface area contributed by atoms with Gasteiger partial charge in [-0.2, -0.15) is 0 Å². The summed E-state index contributed by atoms with van der Waals surface area (Å²) in [6.45, 7) is 7.01. The molecule has 1 aliphatic heterocycles. The van der Waals surface area contributed by atoms with Crippen molar-refractivity contribution in [3.63, 3.8) is 0 Å². The zero-order valence-electron chi connectivity index (χ0n) is 14.5. The summed E-state index contributed by atoms with van der Waals surface area (Å²) >= 11 is 3.58. The van der Waals surface area contributed by atoms with E-state index >= 15 is 0 Å². The Kier molecular flexibility index (Phi) is 4.98. The molecule has 24 heavy (non-hydrogen) atoms. The molecule has 0 N–H and O–H groups in total. The van der Waals surface area contributed by atoms with Gasteiger partial charge in [0.2, 0.25) is 0 Å². The molecular formula is C20H27BrN2O. The second-order valence-electron chi connectivity index (χ2n) is 7.57. The predicted octanol–water partition coefficient (Wildman–Crippen LogP) is 3.79. The zero-order chi connectivity index (χ0) is 16.5. The number of halogens is 1. The maximum atomic E-state index is 5.52. The van der Waals surface area contributed by atoms with Crippen LogP contribution in [0.5, 0.6) is 5.75 Å². The fourth-order valence-corrected chi connectivity index (χ4v) is 5.09. The molecule has 1 saturated carbocycles. The van der Waals surface area contributed by atoms with E-state index in [1.54, 1.807) is 7.11 Å². The molecule has 1 saturated heterocycles. The minimum atomic E-state index is 0.874. The van der Waals surface area contributed by atoms with E-state index in [0.29, 0.717) is 0 Å². The van der Waals surface area contributed by atoms with E-state index in [1.165, 1.54) is 38.0 Å². The van der Waals surface area contributed by atoms with Crippen molar-refractivity contribution in [2.45, 2.75) is 19.4 Å². The van der Waals surface area contributed by atoms with Crippen molar-refractivity contribution in [1.29, 1.82) is 0 Å². The Morgan fingerprint density at radius 1 is 1.08 bits per heavy atom. The quantitative estimate of drug-likeness (QED) is 0.711. The number of piperazine rings is 1. The molecule has 0 amide bonds. The third-order valence-electron chi connectivity index (χ3n) is 6.01. The van der Waals surface area contributed by atoms with Gasteiger partial charge in [0.15, 0.2) is 0 Å². The summed E-state index contributed by atoms with van der Waals surface area (Å²) in [7, 11) is 1.76. The van der Waals surface area contributed by atoms with Crippen LogP contribution in [0.3, 0.4) is 0 Å². The third-order valence-corrected chi connectivity index (χ3v) is 6.50. The Bertz CT molecular complexity index is 610. The Balaban J connectivity index is 1.29. The van der Waals surface area contributed by atoms with Crippen LogP contribution >= 0.6 is 15.9 Å². The van der Waals surface area contributed by atoms with Crippen molar-refractivity contribution in [1.82, 2.24) is 9.80 Å². The molecule has 4 heteroatoms. The number of rotatable bonds is 5. The average molecular weight is 391 g/mol. The van der Waals surface area contributed by atoms with Crippen LogP contribution in [-0.2, 0) is 6.54 Å². The number of hydrogen-bond acceptors (Lipinski definition) is 3. The molecule has 2 bridgehead atoms. The summed E-state index contributed by atoms with van der Waals surface area (Å²) in [5, 5.41) is 0. The lowest BCUT2D eigenvalue weighted by molar-refractivity contribution is 0.108. The number of nitrogens with zero attached hydrogens (tertiary/aromatic N) is 2. The minimum absolute atomic E-state index is 0.874. The van der Waals surface area contributed by atoms with Gasteiger partial charge in [-0.25, -0.2) is 0 Å². The van der Waals surface area contributed by atoms with Gasteiger partial charge >= 0.3 is 0 Å². The SMILES string of the molecule is COc1ccc(Br)cc1CN1CCN(C[C@H]2C[C@H]3C=C[C@@H]2C3)CC1. The van der Waals surface area contributed by atoms with Crippen molar-refractivity contribution >= 4 is 15.9 Å². The van der Waals surface area contributed by atoms with Gasteiger partial charge in [-0.05, 0) is 48.8 Å². The van der Waals surface area contributed by atoms with E-state index in [9.17, 15) is 0 Å². The van der Waals surface area contributed by atoms with Crippen LogP contribution in [0, 0.1) is 17.8 Å². The molecule has 3 nitrogen and oxygen atoms in total. The van der Waals surface area contributed by atoms with Crippen molar-refractivity contribution in [2.75, 3.05) is 39.8 Å². The zero-order valence-corrected chi connectivity index (χ0v) is 16.0. The molecular weight excluding hydrogens is 364 g/mol. The van der Waals surface area contributed by atoms with Crippen LogP contribution in [0.2, 0.25) is 0 Å².